The number of carbonyl (C=O) groups excluding carboxylic acids is 2. The maximum absolute atomic E-state index is 11.5. The Bertz CT molecular complexity index is 230. The minimum Gasteiger partial charge on any atom is -0.347 e. The maximum Gasteiger partial charge on any atom is 0.242 e. The van der Waals surface area contributed by atoms with E-state index in [1.165, 1.54) is 6.92 Å². The fraction of sp³-hybridized carbons (Fsp3) is 0.778. The van der Waals surface area contributed by atoms with Crippen LogP contribution in [-0.2, 0) is 9.59 Å². The van der Waals surface area contributed by atoms with E-state index in [1.807, 2.05) is 6.92 Å². The second kappa shape index (κ2) is 4.95. The monoisotopic (exact) mass is 199 g/mol. The topological polar surface area (TPSA) is 61.4 Å². The molecule has 1 unspecified atom stereocenters. The van der Waals surface area contributed by atoms with Crippen LogP contribution in [0, 0.1) is 0 Å². The number of amides is 2. The first-order valence-corrected chi connectivity index (χ1v) is 4.85. The minimum atomic E-state index is -0.165. The number of nitrogens with one attached hydrogen (secondary N) is 2. The van der Waals surface area contributed by atoms with Crippen molar-refractivity contribution in [1.82, 2.24) is 15.5 Å². The molecule has 0 aromatic carbocycles. The van der Waals surface area contributed by atoms with Gasteiger partial charge in [0.25, 0.3) is 0 Å². The number of hydrogen-bond acceptors (Lipinski definition) is 3. The van der Waals surface area contributed by atoms with E-state index in [9.17, 15) is 9.59 Å². The zero-order valence-corrected chi connectivity index (χ0v) is 8.67. The number of carbonyl (C=O) groups is 2. The first-order chi connectivity index (χ1) is 6.59. The molecular formula is C9H17N3O2. The summed E-state index contributed by atoms with van der Waals surface area (Å²) in [6.07, 6.45) is 0. The van der Waals surface area contributed by atoms with Gasteiger partial charge in [-0.05, 0) is 6.92 Å². The Balaban J connectivity index is 2.32. The number of piperazine rings is 1. The lowest BCUT2D eigenvalue weighted by molar-refractivity contribution is -0.133. The molecule has 0 aliphatic carbocycles. The SMILES string of the molecule is CC(=O)NCC(=O)N1CCNC(C)C1. The summed E-state index contributed by atoms with van der Waals surface area (Å²) in [4.78, 5) is 23.9. The van der Waals surface area contributed by atoms with Crippen molar-refractivity contribution >= 4 is 11.8 Å². The van der Waals surface area contributed by atoms with Gasteiger partial charge >= 0.3 is 0 Å². The summed E-state index contributed by atoms with van der Waals surface area (Å²) in [5.74, 6) is -0.171. The zero-order chi connectivity index (χ0) is 10.6. The molecule has 14 heavy (non-hydrogen) atoms. The average Bonchev–Trinajstić information content (AvgIpc) is 2.14. The van der Waals surface area contributed by atoms with Gasteiger partial charge in [-0.1, -0.05) is 0 Å². The molecule has 0 aromatic heterocycles. The normalized spacial score (nSPS) is 21.9. The van der Waals surface area contributed by atoms with E-state index in [0.29, 0.717) is 6.04 Å². The molecule has 1 atom stereocenters. The number of rotatable bonds is 2. The minimum absolute atomic E-state index is 0.00597. The average molecular weight is 199 g/mol. The van der Waals surface area contributed by atoms with E-state index in [1.54, 1.807) is 4.90 Å². The van der Waals surface area contributed by atoms with Crippen molar-refractivity contribution in [3.63, 3.8) is 0 Å². The Morgan fingerprint density at radius 3 is 2.86 bits per heavy atom. The summed E-state index contributed by atoms with van der Waals surface area (Å²) in [7, 11) is 0. The predicted octanol–water partition coefficient (Wildman–Crippen LogP) is -1.06. The van der Waals surface area contributed by atoms with Gasteiger partial charge in [0.05, 0.1) is 6.54 Å². The lowest BCUT2D eigenvalue weighted by Crippen LogP contribution is -2.53. The second-order valence-electron chi connectivity index (χ2n) is 3.60. The van der Waals surface area contributed by atoms with Crippen LogP contribution in [0.4, 0.5) is 0 Å². The van der Waals surface area contributed by atoms with E-state index in [-0.39, 0.29) is 18.4 Å². The summed E-state index contributed by atoms with van der Waals surface area (Å²) in [6, 6.07) is 0.338. The summed E-state index contributed by atoms with van der Waals surface area (Å²) >= 11 is 0. The molecule has 1 saturated heterocycles. The molecule has 0 radical (unpaired) electrons. The van der Waals surface area contributed by atoms with Crippen LogP contribution in [0.1, 0.15) is 13.8 Å². The van der Waals surface area contributed by atoms with Crippen molar-refractivity contribution in [2.75, 3.05) is 26.2 Å². The van der Waals surface area contributed by atoms with E-state index in [4.69, 9.17) is 0 Å². The Morgan fingerprint density at radius 1 is 1.57 bits per heavy atom. The van der Waals surface area contributed by atoms with Crippen LogP contribution < -0.4 is 10.6 Å². The molecule has 0 saturated carbocycles. The van der Waals surface area contributed by atoms with Crippen molar-refractivity contribution < 1.29 is 9.59 Å². The number of nitrogens with zero attached hydrogens (tertiary/aromatic N) is 1. The van der Waals surface area contributed by atoms with Crippen LogP contribution in [0.5, 0.6) is 0 Å². The largest absolute Gasteiger partial charge is 0.347 e. The molecule has 0 aromatic rings. The highest BCUT2D eigenvalue weighted by atomic mass is 16.2. The summed E-state index contributed by atoms with van der Waals surface area (Å²) in [5.41, 5.74) is 0. The van der Waals surface area contributed by atoms with Gasteiger partial charge in [-0.2, -0.15) is 0 Å². The van der Waals surface area contributed by atoms with Crippen LogP contribution in [0.15, 0.2) is 0 Å². The quantitative estimate of drug-likeness (QED) is 0.596. The first-order valence-electron chi connectivity index (χ1n) is 4.85. The molecule has 1 heterocycles. The lowest BCUT2D eigenvalue weighted by Gasteiger charge is -2.31. The van der Waals surface area contributed by atoms with E-state index in [0.717, 1.165) is 19.6 Å². The predicted molar refractivity (Wildman–Crippen MR) is 52.7 cm³/mol. The van der Waals surface area contributed by atoms with Crippen LogP contribution in [0.3, 0.4) is 0 Å². The van der Waals surface area contributed by atoms with E-state index < -0.39 is 0 Å². The van der Waals surface area contributed by atoms with Crippen molar-refractivity contribution in [1.29, 1.82) is 0 Å². The molecule has 0 spiro atoms. The molecule has 1 rings (SSSR count). The van der Waals surface area contributed by atoms with Crippen LogP contribution in [0.2, 0.25) is 0 Å². The summed E-state index contributed by atoms with van der Waals surface area (Å²) in [6.45, 7) is 5.84. The second-order valence-corrected chi connectivity index (χ2v) is 3.60. The van der Waals surface area contributed by atoms with Crippen molar-refractivity contribution in [2.45, 2.75) is 19.9 Å². The van der Waals surface area contributed by atoms with Gasteiger partial charge in [0.2, 0.25) is 11.8 Å². The van der Waals surface area contributed by atoms with Crippen LogP contribution in [0.25, 0.3) is 0 Å². The molecule has 1 aliphatic heterocycles. The number of hydrogen-bond donors (Lipinski definition) is 2. The molecule has 2 amide bonds. The molecule has 1 aliphatic rings. The van der Waals surface area contributed by atoms with Crippen molar-refractivity contribution in [3.8, 4) is 0 Å². The molecule has 5 nitrogen and oxygen atoms in total. The standard InChI is InChI=1S/C9H17N3O2/c1-7-6-12(4-3-10-7)9(14)5-11-8(2)13/h7,10H,3-6H2,1-2H3,(H,11,13). The molecule has 80 valence electrons. The maximum atomic E-state index is 11.5. The van der Waals surface area contributed by atoms with Crippen LogP contribution in [-0.4, -0.2) is 48.9 Å². The first kappa shape index (κ1) is 11.0. The fourth-order valence-corrected chi connectivity index (χ4v) is 1.47. The Labute approximate surface area is 83.8 Å². The third-order valence-electron chi connectivity index (χ3n) is 2.21. The van der Waals surface area contributed by atoms with Gasteiger partial charge in [-0.25, -0.2) is 0 Å². The highest BCUT2D eigenvalue weighted by Gasteiger charge is 2.19. The van der Waals surface area contributed by atoms with Gasteiger partial charge in [-0.15, -0.1) is 0 Å². The van der Waals surface area contributed by atoms with Crippen molar-refractivity contribution in [2.24, 2.45) is 0 Å². The zero-order valence-electron chi connectivity index (χ0n) is 8.67. The third kappa shape index (κ3) is 3.33. The Hall–Kier alpha value is -1.10. The van der Waals surface area contributed by atoms with Gasteiger partial charge in [0, 0.05) is 32.6 Å². The van der Waals surface area contributed by atoms with E-state index in [2.05, 4.69) is 10.6 Å². The summed E-state index contributed by atoms with van der Waals surface area (Å²) < 4.78 is 0. The molecule has 5 heteroatoms. The van der Waals surface area contributed by atoms with Gasteiger partial charge in [0.1, 0.15) is 0 Å². The molecule has 2 N–H and O–H groups in total. The summed E-state index contributed by atoms with van der Waals surface area (Å²) in [5, 5.41) is 5.76. The highest BCUT2D eigenvalue weighted by molar-refractivity contribution is 5.83. The smallest absolute Gasteiger partial charge is 0.242 e. The molecular weight excluding hydrogens is 182 g/mol. The lowest BCUT2D eigenvalue weighted by atomic mass is 10.2. The molecule has 1 fully saturated rings. The van der Waals surface area contributed by atoms with Crippen LogP contribution >= 0.6 is 0 Å². The Morgan fingerprint density at radius 2 is 2.29 bits per heavy atom. The fourth-order valence-electron chi connectivity index (χ4n) is 1.47. The highest BCUT2D eigenvalue weighted by Crippen LogP contribution is 1.98. The van der Waals surface area contributed by atoms with Gasteiger partial charge in [0.15, 0.2) is 0 Å². The third-order valence-corrected chi connectivity index (χ3v) is 2.21. The van der Waals surface area contributed by atoms with Gasteiger partial charge in [-0.3, -0.25) is 9.59 Å². The Kier molecular flexibility index (Phi) is 3.88. The van der Waals surface area contributed by atoms with Gasteiger partial charge < -0.3 is 15.5 Å². The molecule has 0 bridgehead atoms. The van der Waals surface area contributed by atoms with Crippen molar-refractivity contribution in [3.05, 3.63) is 0 Å². The van der Waals surface area contributed by atoms with E-state index >= 15 is 0 Å².